The number of carbonyl (C=O) groups excluding carboxylic acids is 1. The lowest BCUT2D eigenvalue weighted by atomic mass is 9.89. The maximum atomic E-state index is 11.5. The maximum absolute atomic E-state index is 11.5. The van der Waals surface area contributed by atoms with Crippen molar-refractivity contribution in [2.24, 2.45) is 29.4 Å². The van der Waals surface area contributed by atoms with Gasteiger partial charge >= 0.3 is 0 Å². The molecule has 2 aliphatic rings. The second-order valence-corrected chi connectivity index (χ2v) is 5.32. The Balaban J connectivity index is 1.72. The third kappa shape index (κ3) is 2.33. The van der Waals surface area contributed by atoms with Gasteiger partial charge in [-0.3, -0.25) is 4.79 Å². The summed E-state index contributed by atoms with van der Waals surface area (Å²) >= 11 is 0. The summed E-state index contributed by atoms with van der Waals surface area (Å²) in [4.78, 5) is 11.5. The van der Waals surface area contributed by atoms with Crippen LogP contribution in [0, 0.1) is 23.7 Å². The van der Waals surface area contributed by atoms with Gasteiger partial charge in [-0.15, -0.1) is 0 Å². The van der Waals surface area contributed by atoms with Crippen LogP contribution in [0.2, 0.25) is 0 Å². The Bertz CT molecular complexity index is 242. The van der Waals surface area contributed by atoms with Crippen LogP contribution in [0.3, 0.4) is 0 Å². The minimum atomic E-state index is -0.0383. The van der Waals surface area contributed by atoms with Crippen LogP contribution in [0.15, 0.2) is 0 Å². The van der Waals surface area contributed by atoms with Crippen molar-refractivity contribution in [1.29, 1.82) is 0 Å². The molecule has 4 atom stereocenters. The smallest absolute Gasteiger partial charge is 0.224 e. The first-order chi connectivity index (χ1) is 7.20. The molecule has 2 bridgehead atoms. The summed E-state index contributed by atoms with van der Waals surface area (Å²) in [7, 11) is 0. The lowest BCUT2D eigenvalue weighted by Gasteiger charge is -2.22. The molecule has 0 aromatic rings. The summed E-state index contributed by atoms with van der Waals surface area (Å²) < 4.78 is 0. The number of fused-ring (bicyclic) bond motifs is 2. The molecule has 2 saturated carbocycles. The fourth-order valence-electron chi connectivity index (χ4n) is 3.14. The fraction of sp³-hybridized carbons (Fsp3) is 0.917. The molecule has 3 N–H and O–H groups in total. The van der Waals surface area contributed by atoms with Gasteiger partial charge in [0.2, 0.25) is 5.91 Å². The molecule has 0 radical (unpaired) electrons. The summed E-state index contributed by atoms with van der Waals surface area (Å²) in [6, 6.07) is 0. The molecule has 2 fully saturated rings. The van der Waals surface area contributed by atoms with Crippen molar-refractivity contribution < 1.29 is 4.79 Å². The highest BCUT2D eigenvalue weighted by Crippen LogP contribution is 2.47. The second-order valence-electron chi connectivity index (χ2n) is 5.32. The molecule has 15 heavy (non-hydrogen) atoms. The number of carbonyl (C=O) groups is 1. The first-order valence-electron chi connectivity index (χ1n) is 6.18. The highest BCUT2D eigenvalue weighted by Gasteiger charge is 2.39. The molecule has 2 aliphatic carbocycles. The van der Waals surface area contributed by atoms with Crippen LogP contribution in [-0.2, 0) is 4.79 Å². The SMILES string of the molecule is CC(CN)C(=O)NCC1CC2CCC1C2. The molecule has 2 rings (SSSR count). The van der Waals surface area contributed by atoms with Gasteiger partial charge in [-0.2, -0.15) is 0 Å². The summed E-state index contributed by atoms with van der Waals surface area (Å²) in [5, 5.41) is 3.04. The van der Waals surface area contributed by atoms with Crippen molar-refractivity contribution in [2.75, 3.05) is 13.1 Å². The number of hydrogen-bond acceptors (Lipinski definition) is 2. The Hall–Kier alpha value is -0.570. The Morgan fingerprint density at radius 2 is 2.27 bits per heavy atom. The van der Waals surface area contributed by atoms with Gasteiger partial charge in [0.15, 0.2) is 0 Å². The van der Waals surface area contributed by atoms with Crippen LogP contribution in [0.1, 0.15) is 32.6 Å². The highest BCUT2D eigenvalue weighted by atomic mass is 16.1. The van der Waals surface area contributed by atoms with Crippen molar-refractivity contribution in [3.05, 3.63) is 0 Å². The number of rotatable bonds is 4. The van der Waals surface area contributed by atoms with Crippen LogP contribution in [0.4, 0.5) is 0 Å². The zero-order valence-electron chi connectivity index (χ0n) is 9.54. The standard InChI is InChI=1S/C12H22N2O/c1-8(6-13)12(15)14-7-11-5-9-2-3-10(11)4-9/h8-11H,2-7,13H2,1H3,(H,14,15). The van der Waals surface area contributed by atoms with E-state index in [1.165, 1.54) is 25.7 Å². The summed E-state index contributed by atoms with van der Waals surface area (Å²) in [6.07, 6.45) is 5.56. The van der Waals surface area contributed by atoms with Gasteiger partial charge < -0.3 is 11.1 Å². The lowest BCUT2D eigenvalue weighted by molar-refractivity contribution is -0.124. The minimum absolute atomic E-state index is 0.0383. The van der Waals surface area contributed by atoms with Crippen molar-refractivity contribution >= 4 is 5.91 Å². The van der Waals surface area contributed by atoms with Crippen molar-refractivity contribution in [1.82, 2.24) is 5.32 Å². The predicted molar refractivity (Wildman–Crippen MR) is 60.2 cm³/mol. The van der Waals surface area contributed by atoms with Gasteiger partial charge in [0, 0.05) is 19.0 Å². The third-order valence-electron chi connectivity index (χ3n) is 4.22. The normalized spacial score (nSPS) is 35.5. The van der Waals surface area contributed by atoms with E-state index in [0.29, 0.717) is 6.54 Å². The quantitative estimate of drug-likeness (QED) is 0.731. The van der Waals surface area contributed by atoms with E-state index in [0.717, 1.165) is 24.3 Å². The summed E-state index contributed by atoms with van der Waals surface area (Å²) in [6.45, 7) is 3.21. The molecule has 0 aliphatic heterocycles. The lowest BCUT2D eigenvalue weighted by Crippen LogP contribution is -2.37. The highest BCUT2D eigenvalue weighted by molar-refractivity contribution is 5.78. The molecule has 0 aromatic carbocycles. The molecular weight excluding hydrogens is 188 g/mol. The van der Waals surface area contributed by atoms with E-state index in [9.17, 15) is 4.79 Å². The molecule has 0 saturated heterocycles. The molecule has 4 unspecified atom stereocenters. The van der Waals surface area contributed by atoms with Crippen molar-refractivity contribution in [3.8, 4) is 0 Å². The van der Waals surface area contributed by atoms with Gasteiger partial charge in [-0.1, -0.05) is 13.3 Å². The number of amides is 1. The predicted octanol–water partition coefficient (Wildman–Crippen LogP) is 1.13. The molecule has 1 amide bonds. The second kappa shape index (κ2) is 4.52. The van der Waals surface area contributed by atoms with Crippen molar-refractivity contribution in [3.63, 3.8) is 0 Å². The maximum Gasteiger partial charge on any atom is 0.224 e. The zero-order chi connectivity index (χ0) is 10.8. The summed E-state index contributed by atoms with van der Waals surface area (Å²) in [5.41, 5.74) is 5.46. The van der Waals surface area contributed by atoms with Gasteiger partial charge in [-0.25, -0.2) is 0 Å². The van der Waals surface area contributed by atoms with E-state index in [1.54, 1.807) is 0 Å². The number of nitrogens with one attached hydrogen (secondary N) is 1. The van der Waals surface area contributed by atoms with E-state index in [-0.39, 0.29) is 11.8 Å². The van der Waals surface area contributed by atoms with Crippen LogP contribution < -0.4 is 11.1 Å². The van der Waals surface area contributed by atoms with Crippen LogP contribution in [-0.4, -0.2) is 19.0 Å². The Morgan fingerprint density at radius 3 is 2.80 bits per heavy atom. The zero-order valence-corrected chi connectivity index (χ0v) is 9.54. The molecule has 3 nitrogen and oxygen atoms in total. The molecular formula is C12H22N2O. The van der Waals surface area contributed by atoms with E-state index in [2.05, 4.69) is 5.32 Å². The monoisotopic (exact) mass is 210 g/mol. The van der Waals surface area contributed by atoms with E-state index < -0.39 is 0 Å². The Labute approximate surface area is 91.8 Å². The van der Waals surface area contributed by atoms with Gasteiger partial charge in [0.1, 0.15) is 0 Å². The number of nitrogens with two attached hydrogens (primary N) is 1. The molecule has 0 aromatic heterocycles. The van der Waals surface area contributed by atoms with Gasteiger partial charge in [0.25, 0.3) is 0 Å². The molecule has 0 spiro atoms. The van der Waals surface area contributed by atoms with E-state index >= 15 is 0 Å². The van der Waals surface area contributed by atoms with E-state index in [4.69, 9.17) is 5.73 Å². The molecule has 3 heteroatoms. The van der Waals surface area contributed by atoms with Crippen molar-refractivity contribution in [2.45, 2.75) is 32.6 Å². The topological polar surface area (TPSA) is 55.1 Å². The number of hydrogen-bond donors (Lipinski definition) is 2. The average molecular weight is 210 g/mol. The third-order valence-corrected chi connectivity index (χ3v) is 4.22. The first-order valence-corrected chi connectivity index (χ1v) is 6.18. The van der Waals surface area contributed by atoms with Crippen LogP contribution >= 0.6 is 0 Å². The summed E-state index contributed by atoms with van der Waals surface area (Å²) in [5.74, 6) is 2.69. The van der Waals surface area contributed by atoms with Crippen LogP contribution in [0.5, 0.6) is 0 Å². The van der Waals surface area contributed by atoms with Gasteiger partial charge in [-0.05, 0) is 37.0 Å². The molecule has 86 valence electrons. The minimum Gasteiger partial charge on any atom is -0.356 e. The largest absolute Gasteiger partial charge is 0.356 e. The average Bonchev–Trinajstić information content (AvgIpc) is 2.86. The van der Waals surface area contributed by atoms with E-state index in [1.807, 2.05) is 6.92 Å². The first kappa shape index (κ1) is 10.9. The Morgan fingerprint density at radius 1 is 1.47 bits per heavy atom. The van der Waals surface area contributed by atoms with Gasteiger partial charge in [0.05, 0.1) is 0 Å². The van der Waals surface area contributed by atoms with Crippen LogP contribution in [0.25, 0.3) is 0 Å². The fourth-order valence-corrected chi connectivity index (χ4v) is 3.14. The molecule has 0 heterocycles. The Kier molecular flexibility index (Phi) is 3.29.